The molecule has 3 aromatic carbocycles. The molecule has 0 radical (unpaired) electrons. The third kappa shape index (κ3) is 5.21. The van der Waals surface area contributed by atoms with Crippen LogP contribution in [0.2, 0.25) is 0 Å². The van der Waals surface area contributed by atoms with Crippen LogP contribution >= 0.6 is 11.3 Å². The zero-order valence-electron chi connectivity index (χ0n) is 25.1. The first-order valence-corrected chi connectivity index (χ1v) is 16.4. The van der Waals surface area contributed by atoms with E-state index in [4.69, 9.17) is 4.98 Å². The van der Waals surface area contributed by atoms with Crippen molar-refractivity contribution >= 4 is 51.3 Å². The van der Waals surface area contributed by atoms with Crippen LogP contribution in [0.4, 0.5) is 11.5 Å². The molecule has 0 saturated carbocycles. The normalized spacial score (nSPS) is 18.4. The molecule has 0 spiro atoms. The fourth-order valence-corrected chi connectivity index (χ4v) is 7.37. The first kappa shape index (κ1) is 28.5. The van der Waals surface area contributed by atoms with Gasteiger partial charge in [0.1, 0.15) is 11.9 Å². The van der Waals surface area contributed by atoms with Gasteiger partial charge in [-0.15, -0.1) is 11.3 Å². The van der Waals surface area contributed by atoms with Crippen LogP contribution in [-0.4, -0.2) is 69.8 Å². The van der Waals surface area contributed by atoms with Crippen molar-refractivity contribution in [2.75, 3.05) is 36.0 Å². The van der Waals surface area contributed by atoms with Crippen LogP contribution in [0.3, 0.4) is 0 Å². The molecule has 5 aromatic rings. The summed E-state index contributed by atoms with van der Waals surface area (Å²) in [5.41, 5.74) is 6.75. The summed E-state index contributed by atoms with van der Waals surface area (Å²) in [5, 5.41) is 4.29. The molecule has 3 aliphatic heterocycles. The van der Waals surface area contributed by atoms with E-state index in [1.807, 2.05) is 30.5 Å². The smallest absolute Gasteiger partial charge is 0.259 e. The minimum atomic E-state index is -0.684. The average Bonchev–Trinajstić information content (AvgIpc) is 3.72. The monoisotopic (exact) mass is 629 g/mol. The molecule has 2 aromatic heterocycles. The number of anilines is 2. The third-order valence-corrected chi connectivity index (χ3v) is 9.92. The fraction of sp³-hybridized carbons (Fsp3) is 0.257. The minimum absolute atomic E-state index is 0.185. The second-order valence-corrected chi connectivity index (χ2v) is 12.9. The van der Waals surface area contributed by atoms with Crippen molar-refractivity contribution in [3.05, 3.63) is 101 Å². The van der Waals surface area contributed by atoms with E-state index in [0.717, 1.165) is 77.7 Å². The number of benzene rings is 3. The van der Waals surface area contributed by atoms with Crippen LogP contribution in [0.5, 0.6) is 0 Å². The van der Waals surface area contributed by atoms with Gasteiger partial charge in [0, 0.05) is 62.5 Å². The molecule has 5 heterocycles. The van der Waals surface area contributed by atoms with Crippen molar-refractivity contribution in [1.29, 1.82) is 0 Å². The molecule has 8 rings (SSSR count). The Kier molecular flexibility index (Phi) is 7.26. The maximum atomic E-state index is 13.5. The van der Waals surface area contributed by atoms with Gasteiger partial charge in [0.25, 0.3) is 5.91 Å². The Morgan fingerprint density at radius 2 is 1.74 bits per heavy atom. The summed E-state index contributed by atoms with van der Waals surface area (Å²) in [4.78, 5) is 58.5. The molecule has 2 saturated heterocycles. The Morgan fingerprint density at radius 1 is 0.913 bits per heavy atom. The second-order valence-electron chi connectivity index (χ2n) is 12.0. The summed E-state index contributed by atoms with van der Waals surface area (Å²) in [6.45, 7) is 4.62. The number of amides is 3. The Morgan fingerprint density at radius 3 is 2.52 bits per heavy atom. The van der Waals surface area contributed by atoms with Crippen LogP contribution in [0.1, 0.15) is 39.9 Å². The number of thiazole rings is 1. The van der Waals surface area contributed by atoms with Crippen LogP contribution in [-0.2, 0) is 22.6 Å². The highest BCUT2D eigenvalue weighted by Gasteiger charge is 2.40. The van der Waals surface area contributed by atoms with Crippen molar-refractivity contribution in [2.45, 2.75) is 31.8 Å². The zero-order chi connectivity index (χ0) is 31.2. The number of nitrogens with zero attached hydrogens (tertiary/aromatic N) is 6. The number of nitrogens with one attached hydrogen (secondary N) is 1. The summed E-state index contributed by atoms with van der Waals surface area (Å²) in [5.74, 6) is 0.791. The highest BCUT2D eigenvalue weighted by Crippen LogP contribution is 2.41. The van der Waals surface area contributed by atoms with Gasteiger partial charge in [-0.25, -0.2) is 9.97 Å². The molecule has 3 amide bonds. The van der Waals surface area contributed by atoms with Gasteiger partial charge >= 0.3 is 0 Å². The SMILES string of the molecule is O=C1CCC(N2C(=O)c3cccc4c(Cc5ccc(CN6CCN(c7ccnc(-c8cncs8)n7)CC6)cc5)ccc2c34)C(=O)N1. The van der Waals surface area contributed by atoms with Gasteiger partial charge in [0.2, 0.25) is 11.8 Å². The number of carbonyl (C=O) groups is 3. The van der Waals surface area contributed by atoms with E-state index in [1.54, 1.807) is 27.9 Å². The van der Waals surface area contributed by atoms with Crippen molar-refractivity contribution in [2.24, 2.45) is 0 Å². The fourth-order valence-electron chi connectivity index (χ4n) is 6.80. The summed E-state index contributed by atoms with van der Waals surface area (Å²) in [7, 11) is 0. The zero-order valence-corrected chi connectivity index (χ0v) is 25.9. The van der Waals surface area contributed by atoms with Crippen molar-refractivity contribution < 1.29 is 14.4 Å². The van der Waals surface area contributed by atoms with Gasteiger partial charge < -0.3 is 4.90 Å². The number of piperazine rings is 1. The minimum Gasteiger partial charge on any atom is -0.354 e. The van der Waals surface area contributed by atoms with Gasteiger partial charge in [-0.1, -0.05) is 42.5 Å². The standard InChI is InChI=1S/C35H31N7O3S/c43-31-11-10-28(34(44)39-31)42-27-9-8-24(25-2-1-3-26(32(25)27)35(42)45)18-22-4-6-23(7-5-22)20-40-14-16-41(17-15-40)30-12-13-37-33(38-30)29-19-36-21-46-29/h1-9,12-13,19,21,28H,10-11,14-18,20H2,(H,39,43,44). The molecule has 3 aliphatic rings. The van der Waals surface area contributed by atoms with Gasteiger partial charge in [0.05, 0.1) is 16.1 Å². The molecule has 1 atom stereocenters. The molecule has 230 valence electrons. The van der Waals surface area contributed by atoms with E-state index in [0.29, 0.717) is 12.0 Å². The lowest BCUT2D eigenvalue weighted by Gasteiger charge is -2.35. The van der Waals surface area contributed by atoms with E-state index in [9.17, 15) is 14.4 Å². The number of hydrogen-bond donors (Lipinski definition) is 1. The quantitative estimate of drug-likeness (QED) is 0.263. The van der Waals surface area contributed by atoms with E-state index in [-0.39, 0.29) is 18.2 Å². The number of hydrogen-bond acceptors (Lipinski definition) is 9. The van der Waals surface area contributed by atoms with Gasteiger partial charge in [-0.05, 0) is 53.1 Å². The topological polar surface area (TPSA) is 112 Å². The Bertz CT molecular complexity index is 1970. The molecule has 1 unspecified atom stereocenters. The molecule has 0 aliphatic carbocycles. The number of piperidine rings is 1. The van der Waals surface area contributed by atoms with Crippen LogP contribution in [0.25, 0.3) is 21.5 Å². The van der Waals surface area contributed by atoms with Crippen LogP contribution < -0.4 is 15.1 Å². The van der Waals surface area contributed by atoms with Crippen LogP contribution in [0.15, 0.2) is 78.6 Å². The summed E-state index contributed by atoms with van der Waals surface area (Å²) >= 11 is 1.55. The molecular formula is C35H31N7O3S. The second kappa shape index (κ2) is 11.7. The van der Waals surface area contributed by atoms with E-state index < -0.39 is 11.9 Å². The average molecular weight is 630 g/mol. The summed E-state index contributed by atoms with van der Waals surface area (Å²) in [6.07, 6.45) is 4.91. The highest BCUT2D eigenvalue weighted by atomic mass is 32.1. The summed E-state index contributed by atoms with van der Waals surface area (Å²) in [6, 6.07) is 19.9. The lowest BCUT2D eigenvalue weighted by Crippen LogP contribution is -2.53. The summed E-state index contributed by atoms with van der Waals surface area (Å²) < 4.78 is 0. The Labute approximate surface area is 269 Å². The molecule has 1 N–H and O–H groups in total. The van der Waals surface area contributed by atoms with Gasteiger partial charge in [-0.3, -0.25) is 34.5 Å². The van der Waals surface area contributed by atoms with Crippen LogP contribution in [0, 0.1) is 0 Å². The predicted molar refractivity (Wildman–Crippen MR) is 177 cm³/mol. The lowest BCUT2D eigenvalue weighted by atomic mass is 9.95. The lowest BCUT2D eigenvalue weighted by molar-refractivity contribution is -0.134. The van der Waals surface area contributed by atoms with Gasteiger partial charge in [-0.2, -0.15) is 0 Å². The number of rotatable bonds is 7. The van der Waals surface area contributed by atoms with E-state index >= 15 is 0 Å². The van der Waals surface area contributed by atoms with Gasteiger partial charge in [0.15, 0.2) is 5.82 Å². The molecule has 10 nitrogen and oxygen atoms in total. The molecule has 46 heavy (non-hydrogen) atoms. The third-order valence-electron chi connectivity index (χ3n) is 9.15. The number of aromatic nitrogens is 3. The van der Waals surface area contributed by atoms with Crippen molar-refractivity contribution in [1.82, 2.24) is 25.2 Å². The Hall–Kier alpha value is -5.00. The first-order valence-electron chi connectivity index (χ1n) is 15.5. The van der Waals surface area contributed by atoms with Crippen molar-refractivity contribution in [3.63, 3.8) is 0 Å². The van der Waals surface area contributed by atoms with E-state index in [2.05, 4.69) is 61.5 Å². The molecule has 11 heteroatoms. The predicted octanol–water partition coefficient (Wildman–Crippen LogP) is 4.43. The maximum Gasteiger partial charge on any atom is 0.259 e. The Balaban J connectivity index is 0.930. The largest absolute Gasteiger partial charge is 0.354 e. The highest BCUT2D eigenvalue weighted by molar-refractivity contribution is 7.13. The van der Waals surface area contributed by atoms with Crippen molar-refractivity contribution in [3.8, 4) is 10.7 Å². The molecule has 0 bridgehead atoms. The number of imide groups is 1. The number of carbonyl (C=O) groups excluding carboxylic acids is 3. The maximum absolute atomic E-state index is 13.5. The van der Waals surface area contributed by atoms with E-state index in [1.165, 1.54) is 11.1 Å². The molecular weight excluding hydrogens is 598 g/mol. The molecule has 2 fully saturated rings. The first-order chi connectivity index (χ1) is 22.5.